The number of ether oxygens (including phenoxy) is 1. The van der Waals surface area contributed by atoms with Gasteiger partial charge in [0.25, 0.3) is 0 Å². The molecule has 5 nitrogen and oxygen atoms in total. The van der Waals surface area contributed by atoms with Crippen molar-refractivity contribution in [3.8, 4) is 0 Å². The molecule has 0 aliphatic carbocycles. The first kappa shape index (κ1) is 17.6. The van der Waals surface area contributed by atoms with E-state index in [1.165, 1.54) is 6.92 Å². The Morgan fingerprint density at radius 3 is 2.33 bits per heavy atom. The maximum atomic E-state index is 13.3. The third-order valence-corrected chi connectivity index (χ3v) is 3.26. The van der Waals surface area contributed by atoms with Crippen molar-refractivity contribution in [1.29, 1.82) is 0 Å². The Kier molecular flexibility index (Phi) is 4.96. The van der Waals surface area contributed by atoms with Crippen molar-refractivity contribution in [3.05, 3.63) is 58.9 Å². The van der Waals surface area contributed by atoms with E-state index in [0.29, 0.717) is 5.56 Å². The van der Waals surface area contributed by atoms with Gasteiger partial charge in [0, 0.05) is 12.7 Å². The van der Waals surface area contributed by atoms with Gasteiger partial charge in [0.05, 0.1) is 12.2 Å². The molecule has 1 N–H and O–H groups in total. The number of carboxylic acid groups (broad SMARTS) is 1. The molecule has 0 saturated heterocycles. The van der Waals surface area contributed by atoms with Crippen LogP contribution in [0.15, 0.2) is 36.5 Å². The fourth-order valence-corrected chi connectivity index (χ4v) is 2.34. The standard InChI is InChI=1S/C16H14F3NO4/c1-2-24-15(23)11-9-20(8-10-6-4-3-5-7-10)13(14(21)22)12(11)16(17,18)19/h3-7,9H,2,8H2,1H3,(H,21,22). The zero-order valence-electron chi connectivity index (χ0n) is 12.6. The van der Waals surface area contributed by atoms with E-state index in [1.54, 1.807) is 30.3 Å². The zero-order valence-corrected chi connectivity index (χ0v) is 12.6. The van der Waals surface area contributed by atoms with Gasteiger partial charge >= 0.3 is 18.1 Å². The number of nitrogens with zero attached hydrogens (tertiary/aromatic N) is 1. The number of hydrogen-bond acceptors (Lipinski definition) is 3. The van der Waals surface area contributed by atoms with Gasteiger partial charge in [0.2, 0.25) is 0 Å². The Hall–Kier alpha value is -2.77. The molecule has 0 unspecified atom stereocenters. The zero-order chi connectivity index (χ0) is 17.9. The lowest BCUT2D eigenvalue weighted by Crippen LogP contribution is -2.18. The normalized spacial score (nSPS) is 11.3. The molecule has 0 atom stereocenters. The van der Waals surface area contributed by atoms with E-state index in [1.807, 2.05) is 0 Å². The quantitative estimate of drug-likeness (QED) is 0.846. The van der Waals surface area contributed by atoms with Crippen molar-refractivity contribution in [1.82, 2.24) is 4.57 Å². The summed E-state index contributed by atoms with van der Waals surface area (Å²) in [6.45, 7) is 1.21. The molecule has 24 heavy (non-hydrogen) atoms. The summed E-state index contributed by atoms with van der Waals surface area (Å²) in [6.07, 6.45) is -4.13. The first-order valence-electron chi connectivity index (χ1n) is 7.00. The van der Waals surface area contributed by atoms with Crippen LogP contribution in [0, 0.1) is 0 Å². The second kappa shape index (κ2) is 6.77. The summed E-state index contributed by atoms with van der Waals surface area (Å²) in [5.74, 6) is -2.98. The molecule has 0 aliphatic rings. The minimum atomic E-state index is -5.00. The number of aromatic carboxylic acids is 1. The molecule has 0 aliphatic heterocycles. The minimum Gasteiger partial charge on any atom is -0.477 e. The molecule has 128 valence electrons. The Morgan fingerprint density at radius 2 is 1.83 bits per heavy atom. The number of hydrogen-bond donors (Lipinski definition) is 1. The van der Waals surface area contributed by atoms with Gasteiger partial charge in [0.15, 0.2) is 0 Å². The molecule has 0 spiro atoms. The molecular formula is C16H14F3NO4. The molecule has 0 bridgehead atoms. The third-order valence-electron chi connectivity index (χ3n) is 3.26. The number of halogens is 3. The van der Waals surface area contributed by atoms with E-state index in [2.05, 4.69) is 4.74 Å². The monoisotopic (exact) mass is 341 g/mol. The van der Waals surface area contributed by atoms with Gasteiger partial charge in [-0.25, -0.2) is 9.59 Å². The number of esters is 1. The first-order chi connectivity index (χ1) is 11.3. The van der Waals surface area contributed by atoms with Crippen molar-refractivity contribution < 1.29 is 32.6 Å². The number of benzene rings is 1. The van der Waals surface area contributed by atoms with Crippen LogP contribution in [-0.2, 0) is 17.5 Å². The van der Waals surface area contributed by atoms with Crippen molar-refractivity contribution in [3.63, 3.8) is 0 Å². The Balaban J connectivity index is 2.62. The largest absolute Gasteiger partial charge is 0.477 e. The molecule has 1 heterocycles. The average molecular weight is 341 g/mol. The van der Waals surface area contributed by atoms with Crippen LogP contribution >= 0.6 is 0 Å². The SMILES string of the molecule is CCOC(=O)c1cn(Cc2ccccc2)c(C(=O)O)c1C(F)(F)F. The number of carbonyl (C=O) groups excluding carboxylic acids is 1. The highest BCUT2D eigenvalue weighted by Crippen LogP contribution is 2.36. The van der Waals surface area contributed by atoms with Crippen LogP contribution in [0.3, 0.4) is 0 Å². The molecule has 0 fully saturated rings. The minimum absolute atomic E-state index is 0.120. The van der Waals surface area contributed by atoms with Gasteiger partial charge < -0.3 is 14.4 Å². The van der Waals surface area contributed by atoms with Gasteiger partial charge in [-0.05, 0) is 12.5 Å². The molecule has 1 aromatic carbocycles. The van der Waals surface area contributed by atoms with E-state index >= 15 is 0 Å². The van der Waals surface area contributed by atoms with E-state index in [0.717, 1.165) is 10.8 Å². The van der Waals surface area contributed by atoms with Crippen LogP contribution in [0.2, 0.25) is 0 Å². The maximum absolute atomic E-state index is 13.3. The summed E-state index contributed by atoms with van der Waals surface area (Å²) in [5.41, 5.74) is -2.70. The van der Waals surface area contributed by atoms with Crippen LogP contribution in [0.1, 0.15) is 38.9 Å². The van der Waals surface area contributed by atoms with Gasteiger partial charge in [-0.2, -0.15) is 13.2 Å². The number of carboxylic acids is 1. The lowest BCUT2D eigenvalue weighted by Gasteiger charge is -2.10. The highest BCUT2D eigenvalue weighted by molar-refractivity contribution is 5.97. The lowest BCUT2D eigenvalue weighted by molar-refractivity contribution is -0.138. The Morgan fingerprint density at radius 1 is 1.21 bits per heavy atom. The first-order valence-corrected chi connectivity index (χ1v) is 7.00. The van der Waals surface area contributed by atoms with Crippen LogP contribution in [-0.4, -0.2) is 28.2 Å². The van der Waals surface area contributed by atoms with Crippen LogP contribution in [0.4, 0.5) is 13.2 Å². The van der Waals surface area contributed by atoms with Crippen molar-refractivity contribution in [2.24, 2.45) is 0 Å². The number of rotatable bonds is 5. The highest BCUT2D eigenvalue weighted by atomic mass is 19.4. The second-order valence-corrected chi connectivity index (χ2v) is 4.90. The van der Waals surface area contributed by atoms with Crippen molar-refractivity contribution >= 4 is 11.9 Å². The summed E-state index contributed by atoms with van der Waals surface area (Å²) in [4.78, 5) is 23.2. The van der Waals surface area contributed by atoms with E-state index in [-0.39, 0.29) is 13.2 Å². The van der Waals surface area contributed by atoms with Gasteiger partial charge in [-0.3, -0.25) is 0 Å². The molecule has 0 amide bonds. The van der Waals surface area contributed by atoms with Crippen LogP contribution in [0.25, 0.3) is 0 Å². The topological polar surface area (TPSA) is 68.5 Å². The Bertz CT molecular complexity index is 751. The fraction of sp³-hybridized carbons (Fsp3) is 0.250. The fourth-order valence-electron chi connectivity index (χ4n) is 2.34. The summed E-state index contributed by atoms with van der Waals surface area (Å²) >= 11 is 0. The van der Waals surface area contributed by atoms with Crippen LogP contribution in [0.5, 0.6) is 0 Å². The molecule has 1 aromatic heterocycles. The van der Waals surface area contributed by atoms with Gasteiger partial charge in [0.1, 0.15) is 11.3 Å². The smallest absolute Gasteiger partial charge is 0.419 e. The number of alkyl halides is 3. The van der Waals surface area contributed by atoms with Gasteiger partial charge in [-0.1, -0.05) is 30.3 Å². The summed E-state index contributed by atoms with van der Waals surface area (Å²) in [5, 5.41) is 9.24. The molecule has 2 aromatic rings. The molecule has 2 rings (SSSR count). The van der Waals surface area contributed by atoms with Crippen LogP contribution < -0.4 is 0 Å². The maximum Gasteiger partial charge on any atom is 0.419 e. The van der Waals surface area contributed by atoms with Crippen molar-refractivity contribution in [2.75, 3.05) is 6.61 Å². The van der Waals surface area contributed by atoms with E-state index < -0.39 is 34.9 Å². The van der Waals surface area contributed by atoms with Crippen molar-refractivity contribution in [2.45, 2.75) is 19.6 Å². The molecular weight excluding hydrogens is 327 g/mol. The van der Waals surface area contributed by atoms with E-state index in [9.17, 15) is 27.9 Å². The average Bonchev–Trinajstić information content (AvgIpc) is 2.88. The predicted molar refractivity (Wildman–Crippen MR) is 77.9 cm³/mol. The van der Waals surface area contributed by atoms with Gasteiger partial charge in [-0.15, -0.1) is 0 Å². The molecule has 8 heteroatoms. The third kappa shape index (κ3) is 3.58. The Labute approximate surface area is 135 Å². The second-order valence-electron chi connectivity index (χ2n) is 4.90. The summed E-state index contributed by atoms with van der Waals surface area (Å²) in [6, 6.07) is 8.36. The summed E-state index contributed by atoms with van der Waals surface area (Å²) < 4.78 is 45.5. The number of carbonyl (C=O) groups is 2. The summed E-state index contributed by atoms with van der Waals surface area (Å²) in [7, 11) is 0. The molecule has 0 saturated carbocycles. The van der Waals surface area contributed by atoms with E-state index in [4.69, 9.17) is 0 Å². The number of aromatic nitrogens is 1. The predicted octanol–water partition coefficient (Wildman–Crippen LogP) is 3.43. The lowest BCUT2D eigenvalue weighted by atomic mass is 10.1. The highest BCUT2D eigenvalue weighted by Gasteiger charge is 2.43. The molecule has 0 radical (unpaired) electrons.